The normalized spacial score (nSPS) is 19.1. The fraction of sp³-hybridized carbons (Fsp3) is 0.467. The van der Waals surface area contributed by atoms with Crippen molar-refractivity contribution < 1.29 is 14.3 Å². The van der Waals surface area contributed by atoms with E-state index < -0.39 is 6.09 Å². The molecule has 114 valence electrons. The van der Waals surface area contributed by atoms with Gasteiger partial charge >= 0.3 is 6.09 Å². The lowest BCUT2D eigenvalue weighted by Gasteiger charge is -2.19. The van der Waals surface area contributed by atoms with Crippen LogP contribution in [-0.4, -0.2) is 43.1 Å². The molecule has 1 saturated heterocycles. The standard InChI is InChI=1S/C15H21N3O3/c1-21-15(20)17-12-7-8-18(10-12)14(19)9-13(16)11-5-3-2-4-6-11/h2-6,12-13H,7-10,16H2,1H3,(H,17,20). The molecule has 1 aliphatic rings. The molecule has 0 aliphatic carbocycles. The maximum atomic E-state index is 12.2. The predicted molar refractivity (Wildman–Crippen MR) is 78.5 cm³/mol. The van der Waals surface area contributed by atoms with Crippen molar-refractivity contribution in [2.24, 2.45) is 5.73 Å². The van der Waals surface area contributed by atoms with E-state index in [1.165, 1.54) is 7.11 Å². The van der Waals surface area contributed by atoms with Gasteiger partial charge in [-0.15, -0.1) is 0 Å². The van der Waals surface area contributed by atoms with E-state index in [-0.39, 0.29) is 24.4 Å². The molecule has 1 fully saturated rings. The molecule has 0 bridgehead atoms. The Morgan fingerprint density at radius 1 is 1.43 bits per heavy atom. The summed E-state index contributed by atoms with van der Waals surface area (Å²) in [6.07, 6.45) is 0.548. The third-order valence-corrected chi connectivity index (χ3v) is 3.67. The molecule has 2 amide bonds. The molecule has 6 heteroatoms. The van der Waals surface area contributed by atoms with Crippen molar-refractivity contribution in [1.29, 1.82) is 0 Å². The van der Waals surface area contributed by atoms with Crippen LogP contribution in [0.3, 0.4) is 0 Å². The zero-order valence-electron chi connectivity index (χ0n) is 12.1. The minimum atomic E-state index is -0.463. The second-order valence-corrected chi connectivity index (χ2v) is 5.18. The first-order valence-corrected chi connectivity index (χ1v) is 7.03. The number of nitrogens with zero attached hydrogens (tertiary/aromatic N) is 1. The number of carbonyl (C=O) groups excluding carboxylic acids is 2. The van der Waals surface area contributed by atoms with E-state index in [0.717, 1.165) is 12.0 Å². The van der Waals surface area contributed by atoms with Crippen molar-refractivity contribution in [1.82, 2.24) is 10.2 Å². The van der Waals surface area contributed by atoms with Crippen molar-refractivity contribution in [2.45, 2.75) is 24.9 Å². The van der Waals surface area contributed by atoms with Crippen LogP contribution in [-0.2, 0) is 9.53 Å². The molecule has 2 atom stereocenters. The second-order valence-electron chi connectivity index (χ2n) is 5.18. The van der Waals surface area contributed by atoms with Gasteiger partial charge in [0.25, 0.3) is 0 Å². The van der Waals surface area contributed by atoms with Crippen molar-refractivity contribution in [3.8, 4) is 0 Å². The fourth-order valence-corrected chi connectivity index (χ4v) is 2.47. The highest BCUT2D eigenvalue weighted by Crippen LogP contribution is 2.17. The van der Waals surface area contributed by atoms with E-state index in [2.05, 4.69) is 10.1 Å². The van der Waals surface area contributed by atoms with E-state index in [1.54, 1.807) is 4.90 Å². The SMILES string of the molecule is COC(=O)NC1CCN(C(=O)CC(N)c2ccccc2)C1. The van der Waals surface area contributed by atoms with Gasteiger partial charge in [0, 0.05) is 25.6 Å². The van der Waals surface area contributed by atoms with Gasteiger partial charge in [-0.05, 0) is 12.0 Å². The molecule has 3 N–H and O–H groups in total. The van der Waals surface area contributed by atoms with Crippen LogP contribution in [0.1, 0.15) is 24.4 Å². The van der Waals surface area contributed by atoms with Crippen LogP contribution >= 0.6 is 0 Å². The third kappa shape index (κ3) is 4.19. The van der Waals surface area contributed by atoms with Gasteiger partial charge in [-0.3, -0.25) is 4.79 Å². The molecule has 6 nitrogen and oxygen atoms in total. The Morgan fingerprint density at radius 2 is 2.14 bits per heavy atom. The average molecular weight is 291 g/mol. The summed E-state index contributed by atoms with van der Waals surface area (Å²) < 4.78 is 4.56. The zero-order valence-corrected chi connectivity index (χ0v) is 12.1. The maximum Gasteiger partial charge on any atom is 0.407 e. The molecule has 0 radical (unpaired) electrons. The molecule has 0 saturated carbocycles. The molecule has 0 spiro atoms. The van der Waals surface area contributed by atoms with E-state index in [0.29, 0.717) is 13.1 Å². The first-order chi connectivity index (χ1) is 10.1. The molecule has 0 aromatic heterocycles. The van der Waals surface area contributed by atoms with Gasteiger partial charge in [-0.1, -0.05) is 30.3 Å². The van der Waals surface area contributed by atoms with Crippen molar-refractivity contribution >= 4 is 12.0 Å². The van der Waals surface area contributed by atoms with Gasteiger partial charge in [-0.2, -0.15) is 0 Å². The minimum Gasteiger partial charge on any atom is -0.453 e. The van der Waals surface area contributed by atoms with Crippen LogP contribution in [0.4, 0.5) is 4.79 Å². The Kier molecular flexibility index (Phi) is 5.16. The Bertz CT molecular complexity index is 492. The van der Waals surface area contributed by atoms with E-state index in [9.17, 15) is 9.59 Å². The lowest BCUT2D eigenvalue weighted by Crippen LogP contribution is -2.38. The highest BCUT2D eigenvalue weighted by atomic mass is 16.5. The van der Waals surface area contributed by atoms with Crippen LogP contribution in [0.15, 0.2) is 30.3 Å². The molecule has 1 aliphatic heterocycles. The number of benzene rings is 1. The molecule has 21 heavy (non-hydrogen) atoms. The summed E-state index contributed by atoms with van der Waals surface area (Å²) in [6.45, 7) is 1.14. The summed E-state index contributed by atoms with van der Waals surface area (Å²) in [5.74, 6) is 0.0144. The Hall–Kier alpha value is -2.08. The second kappa shape index (κ2) is 7.08. The number of alkyl carbamates (subject to hydrolysis) is 1. The molecular weight excluding hydrogens is 270 g/mol. The van der Waals surface area contributed by atoms with Crippen LogP contribution in [0, 0.1) is 0 Å². The van der Waals surface area contributed by atoms with E-state index >= 15 is 0 Å². The first kappa shape index (κ1) is 15.3. The lowest BCUT2D eigenvalue weighted by molar-refractivity contribution is -0.130. The molecule has 1 aromatic rings. The number of rotatable bonds is 4. The first-order valence-electron chi connectivity index (χ1n) is 7.03. The van der Waals surface area contributed by atoms with Crippen molar-refractivity contribution in [3.63, 3.8) is 0 Å². The fourth-order valence-electron chi connectivity index (χ4n) is 2.47. The Labute approximate surface area is 124 Å². The molecule has 2 rings (SSSR count). The number of methoxy groups -OCH3 is 1. The summed E-state index contributed by atoms with van der Waals surface area (Å²) in [4.78, 5) is 25.1. The largest absolute Gasteiger partial charge is 0.453 e. The average Bonchev–Trinajstić information content (AvgIpc) is 2.96. The van der Waals surface area contributed by atoms with Gasteiger partial charge in [0.05, 0.1) is 13.2 Å². The summed E-state index contributed by atoms with van der Waals surface area (Å²) in [5.41, 5.74) is 7.02. The maximum absolute atomic E-state index is 12.2. The summed E-state index contributed by atoms with van der Waals surface area (Å²) in [7, 11) is 1.33. The van der Waals surface area contributed by atoms with Gasteiger partial charge in [0.2, 0.25) is 5.91 Å². The lowest BCUT2D eigenvalue weighted by atomic mass is 10.0. The summed E-state index contributed by atoms with van der Waals surface area (Å²) in [6, 6.07) is 9.23. The molecular formula is C15H21N3O3. The summed E-state index contributed by atoms with van der Waals surface area (Å²) in [5, 5.41) is 2.71. The topological polar surface area (TPSA) is 84.7 Å². The Morgan fingerprint density at radius 3 is 2.81 bits per heavy atom. The van der Waals surface area contributed by atoms with Gasteiger partial charge in [0.15, 0.2) is 0 Å². The highest BCUT2D eigenvalue weighted by Gasteiger charge is 2.28. The van der Waals surface area contributed by atoms with Gasteiger partial charge < -0.3 is 20.7 Å². The van der Waals surface area contributed by atoms with Gasteiger partial charge in [-0.25, -0.2) is 4.79 Å². The van der Waals surface area contributed by atoms with Crippen LogP contribution < -0.4 is 11.1 Å². The van der Waals surface area contributed by atoms with Crippen molar-refractivity contribution in [2.75, 3.05) is 20.2 Å². The molecule has 2 unspecified atom stereocenters. The predicted octanol–water partition coefficient (Wildman–Crippen LogP) is 1.03. The minimum absolute atomic E-state index is 0.0144. The number of amides is 2. The number of nitrogens with two attached hydrogens (primary N) is 1. The van der Waals surface area contributed by atoms with Crippen LogP contribution in [0.5, 0.6) is 0 Å². The molecule has 1 heterocycles. The number of carbonyl (C=O) groups is 2. The third-order valence-electron chi connectivity index (χ3n) is 3.67. The quantitative estimate of drug-likeness (QED) is 0.868. The number of hydrogen-bond donors (Lipinski definition) is 2. The summed E-state index contributed by atoms with van der Waals surface area (Å²) >= 11 is 0. The zero-order chi connectivity index (χ0) is 15.2. The number of nitrogens with one attached hydrogen (secondary N) is 1. The smallest absolute Gasteiger partial charge is 0.407 e. The highest BCUT2D eigenvalue weighted by molar-refractivity contribution is 5.77. The van der Waals surface area contributed by atoms with Crippen LogP contribution in [0.25, 0.3) is 0 Å². The number of hydrogen-bond acceptors (Lipinski definition) is 4. The van der Waals surface area contributed by atoms with E-state index in [4.69, 9.17) is 5.73 Å². The number of ether oxygens (including phenoxy) is 1. The number of likely N-dealkylation sites (tertiary alicyclic amines) is 1. The Balaban J connectivity index is 1.83. The van der Waals surface area contributed by atoms with Gasteiger partial charge in [0.1, 0.15) is 0 Å². The van der Waals surface area contributed by atoms with E-state index in [1.807, 2.05) is 30.3 Å². The monoisotopic (exact) mass is 291 g/mol. The van der Waals surface area contributed by atoms with Crippen LogP contribution in [0.2, 0.25) is 0 Å². The molecule has 1 aromatic carbocycles. The van der Waals surface area contributed by atoms with Crippen molar-refractivity contribution in [3.05, 3.63) is 35.9 Å².